The van der Waals surface area contributed by atoms with Gasteiger partial charge in [0, 0.05) is 24.9 Å². The highest BCUT2D eigenvalue weighted by molar-refractivity contribution is 5.94. The predicted molar refractivity (Wildman–Crippen MR) is 94.4 cm³/mol. The van der Waals surface area contributed by atoms with Crippen LogP contribution in [0.1, 0.15) is 53.3 Å². The zero-order chi connectivity index (χ0) is 18.0. The van der Waals surface area contributed by atoms with E-state index < -0.39 is 5.54 Å². The molecule has 1 fully saturated rings. The van der Waals surface area contributed by atoms with Crippen molar-refractivity contribution in [2.45, 2.75) is 44.7 Å². The van der Waals surface area contributed by atoms with Crippen LogP contribution in [0.5, 0.6) is 0 Å². The second-order valence-electron chi connectivity index (χ2n) is 6.78. The monoisotopic (exact) mass is 351 g/mol. The Balaban J connectivity index is 1.50. The van der Waals surface area contributed by atoms with Crippen molar-refractivity contribution in [2.24, 2.45) is 0 Å². The van der Waals surface area contributed by atoms with E-state index in [0.29, 0.717) is 23.8 Å². The molecule has 0 unspecified atom stereocenters. The van der Waals surface area contributed by atoms with Crippen LogP contribution in [0.2, 0.25) is 0 Å². The molecule has 1 aromatic carbocycles. The first-order chi connectivity index (χ1) is 12.6. The van der Waals surface area contributed by atoms with Gasteiger partial charge in [-0.15, -0.1) is 0 Å². The molecule has 1 N–H and O–H groups in total. The Labute approximate surface area is 151 Å². The molecule has 0 bridgehead atoms. The van der Waals surface area contributed by atoms with Crippen LogP contribution in [-0.4, -0.2) is 25.8 Å². The summed E-state index contributed by atoms with van der Waals surface area (Å²) in [5.74, 6) is 0.986. The number of aromatic nitrogens is 4. The fraction of sp³-hybridized carbons (Fsp3) is 0.368. The van der Waals surface area contributed by atoms with E-state index in [0.717, 1.165) is 31.2 Å². The average molecular weight is 351 g/mol. The highest BCUT2D eigenvalue weighted by atomic mass is 16.5. The second-order valence-corrected chi connectivity index (χ2v) is 6.78. The largest absolute Gasteiger partial charge is 0.340 e. The summed E-state index contributed by atoms with van der Waals surface area (Å²) in [6.45, 7) is 2.44. The minimum Gasteiger partial charge on any atom is -0.340 e. The number of hydrogen-bond donors (Lipinski definition) is 1. The molecule has 0 aliphatic heterocycles. The van der Waals surface area contributed by atoms with E-state index in [2.05, 4.69) is 20.6 Å². The van der Waals surface area contributed by atoms with Crippen LogP contribution in [-0.2, 0) is 12.1 Å². The maximum atomic E-state index is 12.8. The van der Waals surface area contributed by atoms with Crippen molar-refractivity contribution in [1.82, 2.24) is 25.2 Å². The number of amides is 1. The van der Waals surface area contributed by atoms with E-state index in [4.69, 9.17) is 4.52 Å². The minimum absolute atomic E-state index is 0.111. The Kier molecular flexibility index (Phi) is 4.28. The van der Waals surface area contributed by atoms with Gasteiger partial charge in [0.25, 0.3) is 5.91 Å². The fourth-order valence-electron chi connectivity index (χ4n) is 3.51. The summed E-state index contributed by atoms with van der Waals surface area (Å²) in [4.78, 5) is 17.2. The van der Waals surface area contributed by atoms with E-state index in [9.17, 15) is 4.79 Å². The summed E-state index contributed by atoms with van der Waals surface area (Å²) in [7, 11) is 0. The number of carbonyl (C=O) groups excluding carboxylic acids is 1. The quantitative estimate of drug-likeness (QED) is 0.764. The third kappa shape index (κ3) is 3.24. The number of nitrogens with zero attached hydrogens (tertiary/aromatic N) is 4. The van der Waals surface area contributed by atoms with E-state index in [1.54, 1.807) is 13.1 Å². The molecule has 3 aromatic rings. The summed E-state index contributed by atoms with van der Waals surface area (Å²) in [5.41, 5.74) is 1.19. The van der Waals surface area contributed by atoms with Gasteiger partial charge in [0.2, 0.25) is 5.89 Å². The van der Waals surface area contributed by atoms with Crippen LogP contribution in [0.4, 0.5) is 0 Å². The van der Waals surface area contributed by atoms with Gasteiger partial charge in [0.05, 0.1) is 6.54 Å². The highest BCUT2D eigenvalue weighted by Gasteiger charge is 2.41. The van der Waals surface area contributed by atoms with Crippen LogP contribution in [0.15, 0.2) is 47.2 Å². The number of benzene rings is 1. The van der Waals surface area contributed by atoms with E-state index in [1.165, 1.54) is 0 Å². The molecule has 0 spiro atoms. The number of hydrogen-bond acceptors (Lipinski definition) is 5. The van der Waals surface area contributed by atoms with Gasteiger partial charge in [0.1, 0.15) is 5.54 Å². The standard InChI is InChI=1S/C19H21N5O2/c1-14-21-18(23-26-14)19(9-2-3-10-19)22-17(25)16-7-5-15(6-8-16)13-24-12-4-11-20-24/h4-8,11-12H,2-3,9-10,13H2,1H3,(H,22,25). The van der Waals surface area contributed by atoms with E-state index >= 15 is 0 Å². The van der Waals surface area contributed by atoms with Crippen LogP contribution in [0.25, 0.3) is 0 Å². The molecule has 0 radical (unpaired) electrons. The minimum atomic E-state index is -0.525. The van der Waals surface area contributed by atoms with Crippen LogP contribution in [0.3, 0.4) is 0 Å². The molecule has 2 aromatic heterocycles. The first-order valence-electron chi connectivity index (χ1n) is 8.84. The maximum absolute atomic E-state index is 12.8. The van der Waals surface area contributed by atoms with Crippen molar-refractivity contribution in [3.63, 3.8) is 0 Å². The van der Waals surface area contributed by atoms with Gasteiger partial charge in [-0.1, -0.05) is 30.1 Å². The Morgan fingerprint density at radius 1 is 1.27 bits per heavy atom. The lowest BCUT2D eigenvalue weighted by Gasteiger charge is -2.26. The van der Waals surface area contributed by atoms with Crippen LogP contribution in [0, 0.1) is 6.92 Å². The topological polar surface area (TPSA) is 85.8 Å². The summed E-state index contributed by atoms with van der Waals surface area (Å²) in [5, 5.41) is 11.4. The maximum Gasteiger partial charge on any atom is 0.252 e. The van der Waals surface area contributed by atoms with E-state index in [-0.39, 0.29) is 5.91 Å². The van der Waals surface area contributed by atoms with Gasteiger partial charge in [0.15, 0.2) is 5.82 Å². The van der Waals surface area contributed by atoms with Crippen molar-refractivity contribution in [1.29, 1.82) is 0 Å². The number of aryl methyl sites for hydroxylation is 1. The van der Waals surface area contributed by atoms with Crippen molar-refractivity contribution in [2.75, 3.05) is 0 Å². The lowest BCUT2D eigenvalue weighted by atomic mass is 9.95. The van der Waals surface area contributed by atoms with Gasteiger partial charge < -0.3 is 9.84 Å². The molecule has 1 aliphatic carbocycles. The van der Waals surface area contributed by atoms with Gasteiger partial charge >= 0.3 is 0 Å². The normalized spacial score (nSPS) is 15.9. The third-order valence-electron chi connectivity index (χ3n) is 4.89. The van der Waals surface area contributed by atoms with Crippen molar-refractivity contribution in [3.05, 3.63) is 65.6 Å². The molecule has 7 heteroatoms. The number of carbonyl (C=O) groups is 1. The lowest BCUT2D eigenvalue weighted by Crippen LogP contribution is -2.44. The second kappa shape index (κ2) is 6.74. The molecule has 7 nitrogen and oxygen atoms in total. The summed E-state index contributed by atoms with van der Waals surface area (Å²) in [6, 6.07) is 9.49. The first-order valence-corrected chi connectivity index (χ1v) is 8.84. The van der Waals surface area contributed by atoms with E-state index in [1.807, 2.05) is 41.2 Å². The van der Waals surface area contributed by atoms with Crippen LogP contribution < -0.4 is 5.32 Å². The van der Waals surface area contributed by atoms with Crippen molar-refractivity contribution in [3.8, 4) is 0 Å². The molecular weight excluding hydrogens is 330 g/mol. The molecular formula is C19H21N5O2. The fourth-order valence-corrected chi connectivity index (χ4v) is 3.51. The van der Waals surface area contributed by atoms with Crippen molar-refractivity contribution < 1.29 is 9.32 Å². The highest BCUT2D eigenvalue weighted by Crippen LogP contribution is 2.37. The molecule has 1 amide bonds. The molecule has 26 heavy (non-hydrogen) atoms. The lowest BCUT2D eigenvalue weighted by molar-refractivity contribution is 0.0892. The molecule has 2 heterocycles. The average Bonchev–Trinajstić information content (AvgIpc) is 3.38. The number of rotatable bonds is 5. The Morgan fingerprint density at radius 3 is 2.65 bits per heavy atom. The first kappa shape index (κ1) is 16.5. The van der Waals surface area contributed by atoms with Crippen molar-refractivity contribution >= 4 is 5.91 Å². The van der Waals surface area contributed by atoms with Gasteiger partial charge in [-0.05, 0) is 36.6 Å². The smallest absolute Gasteiger partial charge is 0.252 e. The molecule has 0 saturated heterocycles. The van der Waals surface area contributed by atoms with Gasteiger partial charge in [-0.3, -0.25) is 9.48 Å². The Hall–Kier alpha value is -2.96. The van der Waals surface area contributed by atoms with Gasteiger partial charge in [-0.2, -0.15) is 10.1 Å². The molecule has 134 valence electrons. The molecule has 1 aliphatic rings. The summed E-state index contributed by atoms with van der Waals surface area (Å²) >= 11 is 0. The summed E-state index contributed by atoms with van der Waals surface area (Å²) < 4.78 is 6.98. The SMILES string of the molecule is Cc1nc(C2(NC(=O)c3ccc(Cn4cccn4)cc3)CCCC2)no1. The third-order valence-corrected chi connectivity index (χ3v) is 4.89. The molecule has 4 rings (SSSR count). The zero-order valence-electron chi connectivity index (χ0n) is 14.7. The Morgan fingerprint density at radius 2 is 2.04 bits per heavy atom. The Bertz CT molecular complexity index is 877. The zero-order valence-corrected chi connectivity index (χ0v) is 14.7. The summed E-state index contributed by atoms with van der Waals surface area (Å²) in [6.07, 6.45) is 7.40. The number of nitrogens with one attached hydrogen (secondary N) is 1. The van der Waals surface area contributed by atoms with Gasteiger partial charge in [-0.25, -0.2) is 0 Å². The molecule has 0 atom stereocenters. The molecule has 1 saturated carbocycles. The van der Waals surface area contributed by atoms with Crippen LogP contribution >= 0.6 is 0 Å². The predicted octanol–water partition coefficient (Wildman–Crippen LogP) is 2.82.